The van der Waals surface area contributed by atoms with Crippen LogP contribution in [0, 0.1) is 5.82 Å². The van der Waals surface area contributed by atoms with Gasteiger partial charge in [-0.1, -0.05) is 28.1 Å². The van der Waals surface area contributed by atoms with E-state index in [1.807, 2.05) is 0 Å². The Bertz CT molecular complexity index is 824. The number of hydrogen-bond acceptors (Lipinski definition) is 5. The van der Waals surface area contributed by atoms with E-state index in [1.165, 1.54) is 31.4 Å². The van der Waals surface area contributed by atoms with Crippen LogP contribution in [0.4, 0.5) is 10.1 Å². The number of ether oxygens (including phenoxy) is 2. The van der Waals surface area contributed by atoms with Crippen molar-refractivity contribution in [2.45, 2.75) is 0 Å². The third-order valence-electron chi connectivity index (χ3n) is 3.09. The standard InChI is InChI=1S/C17H13BrFNO5/c1-24-16(22)11-4-2-3-5-14(11)20-15(21)9-25-17(23)12-8-10(18)6-7-13(12)19/h2-8H,9H2,1H3,(H,20,21). The van der Waals surface area contributed by atoms with Gasteiger partial charge in [-0.3, -0.25) is 4.79 Å². The lowest BCUT2D eigenvalue weighted by atomic mass is 10.2. The van der Waals surface area contributed by atoms with Crippen molar-refractivity contribution in [3.05, 3.63) is 63.9 Å². The van der Waals surface area contributed by atoms with Gasteiger partial charge in [0.25, 0.3) is 5.91 Å². The van der Waals surface area contributed by atoms with Gasteiger partial charge in [-0.2, -0.15) is 0 Å². The van der Waals surface area contributed by atoms with Crippen LogP contribution in [0.5, 0.6) is 0 Å². The second-order valence-electron chi connectivity index (χ2n) is 4.79. The zero-order chi connectivity index (χ0) is 18.4. The lowest BCUT2D eigenvalue weighted by Crippen LogP contribution is -2.22. The highest BCUT2D eigenvalue weighted by Gasteiger charge is 2.17. The van der Waals surface area contributed by atoms with Gasteiger partial charge in [0.05, 0.1) is 23.9 Å². The van der Waals surface area contributed by atoms with Gasteiger partial charge >= 0.3 is 11.9 Å². The minimum atomic E-state index is -0.977. The number of halogens is 2. The highest BCUT2D eigenvalue weighted by atomic mass is 79.9. The van der Waals surface area contributed by atoms with Crippen molar-refractivity contribution in [1.82, 2.24) is 0 Å². The number of esters is 2. The number of benzene rings is 2. The fourth-order valence-corrected chi connectivity index (χ4v) is 2.29. The van der Waals surface area contributed by atoms with Crippen molar-refractivity contribution < 1.29 is 28.2 Å². The zero-order valence-electron chi connectivity index (χ0n) is 13.0. The first-order valence-corrected chi connectivity index (χ1v) is 7.81. The maximum absolute atomic E-state index is 13.6. The average Bonchev–Trinajstić information content (AvgIpc) is 2.61. The fourth-order valence-electron chi connectivity index (χ4n) is 1.93. The smallest absolute Gasteiger partial charge is 0.341 e. The summed E-state index contributed by atoms with van der Waals surface area (Å²) in [5.41, 5.74) is 0.0730. The SMILES string of the molecule is COC(=O)c1ccccc1NC(=O)COC(=O)c1cc(Br)ccc1F. The molecule has 8 heteroatoms. The van der Waals surface area contributed by atoms with Gasteiger partial charge in [0.2, 0.25) is 0 Å². The molecule has 0 unspecified atom stereocenters. The van der Waals surface area contributed by atoms with E-state index in [1.54, 1.807) is 12.1 Å². The molecule has 0 heterocycles. The third kappa shape index (κ3) is 4.87. The predicted octanol–water partition coefficient (Wildman–Crippen LogP) is 3.17. The van der Waals surface area contributed by atoms with Gasteiger partial charge in [0.15, 0.2) is 6.61 Å². The number of rotatable bonds is 5. The molecule has 130 valence electrons. The Balaban J connectivity index is 2.01. The number of amides is 1. The maximum Gasteiger partial charge on any atom is 0.341 e. The minimum Gasteiger partial charge on any atom is -0.465 e. The van der Waals surface area contributed by atoms with E-state index in [4.69, 9.17) is 4.74 Å². The second-order valence-corrected chi connectivity index (χ2v) is 5.70. The van der Waals surface area contributed by atoms with E-state index in [2.05, 4.69) is 26.0 Å². The molecule has 1 amide bonds. The topological polar surface area (TPSA) is 81.7 Å². The number of hydrogen-bond donors (Lipinski definition) is 1. The van der Waals surface area contributed by atoms with Crippen LogP contribution in [0.3, 0.4) is 0 Å². The summed E-state index contributed by atoms with van der Waals surface area (Å²) in [5.74, 6) is -3.04. The van der Waals surface area contributed by atoms with Crippen LogP contribution in [-0.4, -0.2) is 31.6 Å². The second kappa shape index (κ2) is 8.39. The molecule has 0 aliphatic heterocycles. The minimum absolute atomic E-state index is 0.155. The Hall–Kier alpha value is -2.74. The summed E-state index contributed by atoms with van der Waals surface area (Å²) in [5, 5.41) is 2.44. The third-order valence-corrected chi connectivity index (χ3v) is 3.58. The van der Waals surface area contributed by atoms with Gasteiger partial charge in [-0.25, -0.2) is 14.0 Å². The van der Waals surface area contributed by atoms with Crippen molar-refractivity contribution in [1.29, 1.82) is 0 Å². The van der Waals surface area contributed by atoms with E-state index in [9.17, 15) is 18.8 Å². The van der Waals surface area contributed by atoms with Crippen LogP contribution < -0.4 is 5.32 Å². The number of nitrogens with one attached hydrogen (secondary N) is 1. The van der Waals surface area contributed by atoms with E-state index in [0.29, 0.717) is 4.47 Å². The summed E-state index contributed by atoms with van der Waals surface area (Å²) in [7, 11) is 1.22. The summed E-state index contributed by atoms with van der Waals surface area (Å²) in [6, 6.07) is 9.99. The summed E-state index contributed by atoms with van der Waals surface area (Å²) < 4.78 is 23.5. The summed E-state index contributed by atoms with van der Waals surface area (Å²) in [6.07, 6.45) is 0. The molecular formula is C17H13BrFNO5. The summed E-state index contributed by atoms with van der Waals surface area (Å²) >= 11 is 3.12. The van der Waals surface area contributed by atoms with E-state index in [0.717, 1.165) is 6.07 Å². The molecule has 1 N–H and O–H groups in total. The average molecular weight is 410 g/mol. The molecule has 0 aliphatic rings. The Kier molecular flexibility index (Phi) is 6.24. The molecule has 0 atom stereocenters. The molecule has 2 aromatic rings. The molecule has 25 heavy (non-hydrogen) atoms. The lowest BCUT2D eigenvalue weighted by molar-refractivity contribution is -0.119. The largest absolute Gasteiger partial charge is 0.465 e. The molecule has 0 bridgehead atoms. The Morgan fingerprint density at radius 2 is 1.80 bits per heavy atom. The highest BCUT2D eigenvalue weighted by Crippen LogP contribution is 2.17. The van der Waals surface area contributed by atoms with E-state index >= 15 is 0 Å². The maximum atomic E-state index is 13.6. The fraction of sp³-hybridized carbons (Fsp3) is 0.118. The van der Waals surface area contributed by atoms with E-state index < -0.39 is 30.3 Å². The normalized spacial score (nSPS) is 10.0. The lowest BCUT2D eigenvalue weighted by Gasteiger charge is -2.10. The molecule has 0 aliphatic carbocycles. The van der Waals surface area contributed by atoms with Crippen LogP contribution in [0.1, 0.15) is 20.7 Å². The summed E-state index contributed by atoms with van der Waals surface area (Å²) in [4.78, 5) is 35.4. The molecule has 0 fully saturated rings. The molecular weight excluding hydrogens is 397 g/mol. The zero-order valence-corrected chi connectivity index (χ0v) is 14.6. The number of anilines is 1. The van der Waals surface area contributed by atoms with Gasteiger partial charge < -0.3 is 14.8 Å². The highest BCUT2D eigenvalue weighted by molar-refractivity contribution is 9.10. The first-order chi connectivity index (χ1) is 11.9. The van der Waals surface area contributed by atoms with Gasteiger partial charge in [0.1, 0.15) is 5.82 Å². The predicted molar refractivity (Wildman–Crippen MR) is 90.8 cm³/mol. The molecule has 2 aromatic carbocycles. The Morgan fingerprint density at radius 1 is 1.08 bits per heavy atom. The Morgan fingerprint density at radius 3 is 2.52 bits per heavy atom. The van der Waals surface area contributed by atoms with E-state index in [-0.39, 0.29) is 16.8 Å². The Labute approximate surface area is 151 Å². The number of carbonyl (C=O) groups excluding carboxylic acids is 3. The van der Waals surface area contributed by atoms with Crippen LogP contribution in [0.15, 0.2) is 46.9 Å². The van der Waals surface area contributed by atoms with Crippen LogP contribution in [0.2, 0.25) is 0 Å². The molecule has 0 saturated carbocycles. The van der Waals surface area contributed by atoms with Crippen molar-refractivity contribution in [3.8, 4) is 0 Å². The van der Waals surface area contributed by atoms with Gasteiger partial charge in [0, 0.05) is 4.47 Å². The summed E-state index contributed by atoms with van der Waals surface area (Å²) in [6.45, 7) is -0.639. The number of para-hydroxylation sites is 1. The number of carbonyl (C=O) groups is 3. The monoisotopic (exact) mass is 409 g/mol. The van der Waals surface area contributed by atoms with Crippen molar-refractivity contribution in [3.63, 3.8) is 0 Å². The van der Waals surface area contributed by atoms with Gasteiger partial charge in [-0.15, -0.1) is 0 Å². The molecule has 0 radical (unpaired) electrons. The molecule has 6 nitrogen and oxygen atoms in total. The molecule has 2 rings (SSSR count). The van der Waals surface area contributed by atoms with Crippen LogP contribution in [-0.2, 0) is 14.3 Å². The molecule has 0 spiro atoms. The van der Waals surface area contributed by atoms with Crippen molar-refractivity contribution in [2.24, 2.45) is 0 Å². The molecule has 0 aromatic heterocycles. The van der Waals surface area contributed by atoms with Crippen LogP contribution in [0.25, 0.3) is 0 Å². The first-order valence-electron chi connectivity index (χ1n) is 7.01. The quantitative estimate of drug-likeness (QED) is 0.766. The van der Waals surface area contributed by atoms with Crippen LogP contribution >= 0.6 is 15.9 Å². The first kappa shape index (κ1) is 18.6. The van der Waals surface area contributed by atoms with Crippen molar-refractivity contribution >= 4 is 39.5 Å². The molecule has 0 saturated heterocycles. The van der Waals surface area contributed by atoms with Crippen molar-refractivity contribution in [2.75, 3.05) is 19.0 Å². The number of methoxy groups -OCH3 is 1. The van der Waals surface area contributed by atoms with Gasteiger partial charge in [-0.05, 0) is 30.3 Å².